The van der Waals surface area contributed by atoms with Crippen molar-refractivity contribution in [1.82, 2.24) is 0 Å². The van der Waals surface area contributed by atoms with Gasteiger partial charge in [-0.15, -0.1) is 0 Å². The molecule has 0 aliphatic rings. The maximum Gasteiger partial charge on any atom is 0.306 e. The van der Waals surface area contributed by atoms with E-state index in [1.165, 1.54) is 116 Å². The monoisotopic (exact) mass is 1030 g/mol. The first-order valence-electron chi connectivity index (χ1n) is 30.9. The highest BCUT2D eigenvalue weighted by Crippen LogP contribution is 2.16. The lowest BCUT2D eigenvalue weighted by Gasteiger charge is -2.18. The van der Waals surface area contributed by atoms with Gasteiger partial charge in [-0.3, -0.25) is 14.4 Å². The summed E-state index contributed by atoms with van der Waals surface area (Å²) in [5, 5.41) is 0. The van der Waals surface area contributed by atoms with Gasteiger partial charge in [-0.05, 0) is 103 Å². The molecule has 1 unspecified atom stereocenters. The molecule has 0 heterocycles. The standard InChI is InChI=1S/C68H114O6/c1-4-7-10-13-16-19-22-25-27-29-31-33-34-36-37-39-41-43-46-49-52-55-58-61-67(70)73-64-65(63-72-66(69)60-57-54-51-48-45-24-21-18-15-12-9-6-3)74-68(71)62-59-56-53-50-47-44-42-40-38-35-32-30-28-26-23-20-17-14-11-8-5-2/h7-8,10-11,16-17,19-20,25-28,31-33,35-37,65H,4-6,9,12-15,18,21-24,29-30,34,38-64H2,1-3H3/b10-7-,11-8-,19-16-,20-17-,27-25-,28-26-,33-31-,35-32-,37-36-. The Balaban J connectivity index is 4.37. The average Bonchev–Trinajstić information content (AvgIpc) is 3.40. The molecule has 0 fully saturated rings. The number of rotatable bonds is 55. The van der Waals surface area contributed by atoms with E-state index in [-0.39, 0.29) is 31.1 Å². The fourth-order valence-corrected chi connectivity index (χ4v) is 8.46. The van der Waals surface area contributed by atoms with Crippen LogP contribution in [-0.2, 0) is 28.6 Å². The van der Waals surface area contributed by atoms with Crippen molar-refractivity contribution < 1.29 is 28.6 Å². The molecule has 0 radical (unpaired) electrons. The van der Waals surface area contributed by atoms with Gasteiger partial charge in [-0.2, -0.15) is 0 Å². The summed E-state index contributed by atoms with van der Waals surface area (Å²) in [5.41, 5.74) is 0. The lowest BCUT2D eigenvalue weighted by molar-refractivity contribution is -0.167. The number of ether oxygens (including phenoxy) is 3. The summed E-state index contributed by atoms with van der Waals surface area (Å²) < 4.78 is 16.9. The Hall–Kier alpha value is -3.93. The van der Waals surface area contributed by atoms with Gasteiger partial charge in [-0.25, -0.2) is 0 Å². The molecule has 6 nitrogen and oxygen atoms in total. The van der Waals surface area contributed by atoms with Crippen LogP contribution in [-0.4, -0.2) is 37.2 Å². The van der Waals surface area contributed by atoms with E-state index in [0.29, 0.717) is 19.3 Å². The highest BCUT2D eigenvalue weighted by molar-refractivity contribution is 5.71. The lowest BCUT2D eigenvalue weighted by atomic mass is 10.0. The zero-order valence-corrected chi connectivity index (χ0v) is 48.3. The Morgan fingerprint density at radius 1 is 0.284 bits per heavy atom. The van der Waals surface area contributed by atoms with Crippen molar-refractivity contribution in [3.05, 3.63) is 109 Å². The molecule has 74 heavy (non-hydrogen) atoms. The molecule has 0 bridgehead atoms. The van der Waals surface area contributed by atoms with Gasteiger partial charge in [0.2, 0.25) is 0 Å². The number of carbonyl (C=O) groups excluding carboxylic acids is 3. The predicted octanol–water partition coefficient (Wildman–Crippen LogP) is 21.0. The first-order chi connectivity index (χ1) is 36.5. The largest absolute Gasteiger partial charge is 0.462 e. The predicted molar refractivity (Wildman–Crippen MR) is 320 cm³/mol. The molecular weight excluding hydrogens is 913 g/mol. The highest BCUT2D eigenvalue weighted by Gasteiger charge is 2.19. The van der Waals surface area contributed by atoms with Crippen molar-refractivity contribution in [2.24, 2.45) is 0 Å². The summed E-state index contributed by atoms with van der Waals surface area (Å²) in [6, 6.07) is 0. The fourth-order valence-electron chi connectivity index (χ4n) is 8.46. The normalized spacial score (nSPS) is 12.9. The molecule has 0 aliphatic carbocycles. The van der Waals surface area contributed by atoms with Crippen molar-refractivity contribution in [3.8, 4) is 0 Å². The molecular formula is C68H114O6. The van der Waals surface area contributed by atoms with E-state index >= 15 is 0 Å². The van der Waals surface area contributed by atoms with Crippen LogP contribution in [0.5, 0.6) is 0 Å². The Morgan fingerprint density at radius 3 is 0.824 bits per heavy atom. The summed E-state index contributed by atoms with van der Waals surface area (Å²) in [6.07, 6.45) is 83.7. The van der Waals surface area contributed by atoms with Gasteiger partial charge < -0.3 is 14.2 Å². The van der Waals surface area contributed by atoms with E-state index in [1.807, 2.05) is 0 Å². The van der Waals surface area contributed by atoms with Crippen molar-refractivity contribution in [2.75, 3.05) is 13.2 Å². The van der Waals surface area contributed by atoms with E-state index in [4.69, 9.17) is 14.2 Å². The highest BCUT2D eigenvalue weighted by atomic mass is 16.6. The maximum absolute atomic E-state index is 12.9. The molecule has 422 valence electrons. The zero-order chi connectivity index (χ0) is 53.6. The Labute approximate surface area is 457 Å². The second-order valence-electron chi connectivity index (χ2n) is 20.2. The molecule has 0 rings (SSSR count). The summed E-state index contributed by atoms with van der Waals surface area (Å²) in [6.45, 7) is 6.41. The van der Waals surface area contributed by atoms with Crippen LogP contribution in [0.3, 0.4) is 0 Å². The molecule has 0 aliphatic heterocycles. The third kappa shape index (κ3) is 59.0. The third-order valence-corrected chi connectivity index (χ3v) is 13.0. The third-order valence-electron chi connectivity index (χ3n) is 13.0. The average molecular weight is 1030 g/mol. The van der Waals surface area contributed by atoms with Crippen LogP contribution in [0.25, 0.3) is 0 Å². The molecule has 0 saturated heterocycles. The summed E-state index contributed by atoms with van der Waals surface area (Å²) in [4.78, 5) is 38.3. The fraction of sp³-hybridized carbons (Fsp3) is 0.691. The molecule has 0 spiro atoms. The van der Waals surface area contributed by atoms with Gasteiger partial charge >= 0.3 is 17.9 Å². The maximum atomic E-state index is 12.9. The quantitative estimate of drug-likeness (QED) is 0.0261. The van der Waals surface area contributed by atoms with Crippen molar-refractivity contribution in [3.63, 3.8) is 0 Å². The smallest absolute Gasteiger partial charge is 0.306 e. The zero-order valence-electron chi connectivity index (χ0n) is 48.3. The SMILES string of the molecule is CC/C=C\C/C=C\C/C=C\C/C=C\C/C=C\CCCCCCCCCC(=O)OCC(COC(=O)CCCCCCCCCCCCCC)OC(=O)CCCCCCCCCC/C=C\C/C=C\C/C=C\C/C=C\CC. The summed E-state index contributed by atoms with van der Waals surface area (Å²) in [5.74, 6) is -0.897. The summed E-state index contributed by atoms with van der Waals surface area (Å²) in [7, 11) is 0. The topological polar surface area (TPSA) is 78.9 Å². The van der Waals surface area contributed by atoms with Crippen LogP contribution < -0.4 is 0 Å². The van der Waals surface area contributed by atoms with E-state index < -0.39 is 6.10 Å². The van der Waals surface area contributed by atoms with E-state index in [2.05, 4.69) is 130 Å². The lowest BCUT2D eigenvalue weighted by Crippen LogP contribution is -2.30. The van der Waals surface area contributed by atoms with Crippen molar-refractivity contribution in [2.45, 2.75) is 290 Å². The molecule has 0 aromatic rings. The van der Waals surface area contributed by atoms with Crippen LogP contribution in [0.4, 0.5) is 0 Å². The van der Waals surface area contributed by atoms with Gasteiger partial charge in [0.15, 0.2) is 6.10 Å². The van der Waals surface area contributed by atoms with Gasteiger partial charge in [-0.1, -0.05) is 271 Å². The Morgan fingerprint density at radius 2 is 0.527 bits per heavy atom. The van der Waals surface area contributed by atoms with E-state index in [1.54, 1.807) is 0 Å². The summed E-state index contributed by atoms with van der Waals surface area (Å²) >= 11 is 0. The molecule has 0 N–H and O–H groups in total. The van der Waals surface area contributed by atoms with Crippen LogP contribution in [0.15, 0.2) is 109 Å². The number of esters is 3. The van der Waals surface area contributed by atoms with Crippen molar-refractivity contribution >= 4 is 17.9 Å². The van der Waals surface area contributed by atoms with Gasteiger partial charge in [0.25, 0.3) is 0 Å². The second-order valence-corrected chi connectivity index (χ2v) is 20.2. The molecule has 0 amide bonds. The van der Waals surface area contributed by atoms with Crippen molar-refractivity contribution in [1.29, 1.82) is 0 Å². The number of carbonyl (C=O) groups is 3. The minimum absolute atomic E-state index is 0.0839. The van der Waals surface area contributed by atoms with E-state index in [9.17, 15) is 14.4 Å². The van der Waals surface area contributed by atoms with Crippen LogP contribution in [0, 0.1) is 0 Å². The molecule has 0 aromatic carbocycles. The van der Waals surface area contributed by atoms with Crippen LogP contribution >= 0.6 is 0 Å². The number of allylic oxidation sites excluding steroid dienone is 18. The van der Waals surface area contributed by atoms with Gasteiger partial charge in [0.1, 0.15) is 13.2 Å². The number of hydrogen-bond donors (Lipinski definition) is 0. The molecule has 0 aromatic heterocycles. The van der Waals surface area contributed by atoms with E-state index in [0.717, 1.165) is 128 Å². The molecule has 0 saturated carbocycles. The van der Waals surface area contributed by atoms with Gasteiger partial charge in [0, 0.05) is 19.3 Å². The molecule has 1 atom stereocenters. The number of hydrogen-bond acceptors (Lipinski definition) is 6. The molecule has 6 heteroatoms. The van der Waals surface area contributed by atoms with Crippen LogP contribution in [0.1, 0.15) is 284 Å². The second kappa shape index (κ2) is 61.6. The van der Waals surface area contributed by atoms with Gasteiger partial charge in [0.05, 0.1) is 0 Å². The minimum Gasteiger partial charge on any atom is -0.462 e. The first-order valence-corrected chi connectivity index (χ1v) is 30.9. The van der Waals surface area contributed by atoms with Crippen LogP contribution in [0.2, 0.25) is 0 Å². The Bertz CT molecular complexity index is 1510. The number of unbranched alkanes of at least 4 members (excludes halogenated alkanes) is 26. The Kier molecular flexibility index (Phi) is 58.3. The first kappa shape index (κ1) is 70.1. The minimum atomic E-state index is -0.788.